The van der Waals surface area contributed by atoms with Crippen LogP contribution in [0.3, 0.4) is 0 Å². The van der Waals surface area contributed by atoms with Crippen LogP contribution in [0.2, 0.25) is 0 Å². The number of aliphatic carboxylic acids is 1. The van der Waals surface area contributed by atoms with Crippen molar-refractivity contribution in [2.45, 2.75) is 44.9 Å². The lowest BCUT2D eigenvalue weighted by Gasteiger charge is -2.26. The molecule has 108 valence electrons. The third-order valence-corrected chi connectivity index (χ3v) is 3.19. The van der Waals surface area contributed by atoms with Crippen molar-refractivity contribution in [3.8, 4) is 0 Å². The lowest BCUT2D eigenvalue weighted by Crippen LogP contribution is -2.42. The summed E-state index contributed by atoms with van der Waals surface area (Å²) in [7, 11) is 0. The maximum Gasteiger partial charge on any atom is 0.303 e. The molecule has 2 amide bonds. The number of carboxylic acids is 1. The molecular formula is C13H22N2O4. The predicted octanol–water partition coefficient (Wildman–Crippen LogP) is 0.760. The van der Waals surface area contributed by atoms with E-state index in [0.29, 0.717) is 12.8 Å². The van der Waals surface area contributed by atoms with Crippen LogP contribution in [-0.4, -0.2) is 47.4 Å². The average molecular weight is 270 g/mol. The highest BCUT2D eigenvalue weighted by Gasteiger charge is 2.16. The average Bonchev–Trinajstić information content (AvgIpc) is 2.41. The highest BCUT2D eigenvalue weighted by molar-refractivity contribution is 5.84. The zero-order valence-corrected chi connectivity index (χ0v) is 11.2. The molecule has 0 radical (unpaired) electrons. The van der Waals surface area contributed by atoms with Crippen LogP contribution in [0.15, 0.2) is 0 Å². The van der Waals surface area contributed by atoms with Gasteiger partial charge in [-0.15, -0.1) is 0 Å². The number of likely N-dealkylation sites (tertiary alicyclic amines) is 1. The second-order valence-corrected chi connectivity index (χ2v) is 4.82. The number of unbranched alkanes of at least 4 members (excludes halogenated alkanes) is 1. The molecule has 1 rings (SSSR count). The first kappa shape index (κ1) is 15.5. The zero-order valence-electron chi connectivity index (χ0n) is 11.2. The van der Waals surface area contributed by atoms with Gasteiger partial charge in [-0.1, -0.05) is 0 Å². The van der Waals surface area contributed by atoms with Gasteiger partial charge >= 0.3 is 5.97 Å². The van der Waals surface area contributed by atoms with Gasteiger partial charge in [-0.05, 0) is 32.1 Å². The number of nitrogens with one attached hydrogen (secondary N) is 1. The van der Waals surface area contributed by atoms with Crippen LogP contribution in [0.4, 0.5) is 0 Å². The molecule has 0 aliphatic carbocycles. The van der Waals surface area contributed by atoms with Crippen LogP contribution in [0, 0.1) is 0 Å². The molecule has 0 unspecified atom stereocenters. The monoisotopic (exact) mass is 270 g/mol. The first-order valence-corrected chi connectivity index (χ1v) is 6.86. The van der Waals surface area contributed by atoms with E-state index in [9.17, 15) is 14.4 Å². The first-order valence-electron chi connectivity index (χ1n) is 6.86. The van der Waals surface area contributed by atoms with E-state index in [2.05, 4.69) is 5.32 Å². The molecule has 1 aliphatic heterocycles. The molecule has 1 aliphatic rings. The molecule has 0 bridgehead atoms. The molecule has 0 atom stereocenters. The molecule has 19 heavy (non-hydrogen) atoms. The number of carboxylic acid groups (broad SMARTS) is 1. The molecular weight excluding hydrogens is 248 g/mol. The van der Waals surface area contributed by atoms with Gasteiger partial charge in [0.05, 0.1) is 6.54 Å². The van der Waals surface area contributed by atoms with Crippen molar-refractivity contribution in [3.05, 3.63) is 0 Å². The molecule has 2 N–H and O–H groups in total. The summed E-state index contributed by atoms with van der Waals surface area (Å²) >= 11 is 0. The van der Waals surface area contributed by atoms with Crippen LogP contribution >= 0.6 is 0 Å². The quantitative estimate of drug-likeness (QED) is 0.669. The maximum atomic E-state index is 11.8. The number of hydrogen-bond acceptors (Lipinski definition) is 3. The lowest BCUT2D eigenvalue weighted by molar-refractivity contribution is -0.137. The zero-order chi connectivity index (χ0) is 14.1. The van der Waals surface area contributed by atoms with Crippen molar-refractivity contribution >= 4 is 17.8 Å². The second-order valence-electron chi connectivity index (χ2n) is 4.82. The number of hydrogen-bond donors (Lipinski definition) is 2. The molecule has 0 aromatic heterocycles. The Balaban J connectivity index is 2.08. The number of carbonyl (C=O) groups is 3. The van der Waals surface area contributed by atoms with Gasteiger partial charge in [-0.25, -0.2) is 0 Å². The van der Waals surface area contributed by atoms with Crippen molar-refractivity contribution in [3.63, 3.8) is 0 Å². The Morgan fingerprint density at radius 3 is 2.26 bits per heavy atom. The number of nitrogens with zero attached hydrogens (tertiary/aromatic N) is 1. The molecule has 1 fully saturated rings. The molecule has 6 heteroatoms. The van der Waals surface area contributed by atoms with Gasteiger partial charge in [0.25, 0.3) is 0 Å². The van der Waals surface area contributed by atoms with Crippen LogP contribution < -0.4 is 5.32 Å². The SMILES string of the molecule is O=C(O)CCCCC(=O)NCC(=O)N1CCCCC1. The van der Waals surface area contributed by atoms with Gasteiger partial charge in [0.2, 0.25) is 11.8 Å². The topological polar surface area (TPSA) is 86.7 Å². The fraction of sp³-hybridized carbons (Fsp3) is 0.769. The highest BCUT2D eigenvalue weighted by Crippen LogP contribution is 2.08. The van der Waals surface area contributed by atoms with E-state index < -0.39 is 5.97 Å². The third kappa shape index (κ3) is 6.79. The molecule has 0 aromatic rings. The molecule has 0 spiro atoms. The Morgan fingerprint density at radius 2 is 1.63 bits per heavy atom. The third-order valence-electron chi connectivity index (χ3n) is 3.19. The van der Waals surface area contributed by atoms with Gasteiger partial charge in [0.15, 0.2) is 0 Å². The minimum absolute atomic E-state index is 0.0291. The summed E-state index contributed by atoms with van der Waals surface area (Å²) < 4.78 is 0. The summed E-state index contributed by atoms with van der Waals surface area (Å²) in [5.41, 5.74) is 0. The largest absolute Gasteiger partial charge is 0.481 e. The Kier molecular flexibility index (Phi) is 6.92. The Bertz CT molecular complexity index is 325. The van der Waals surface area contributed by atoms with E-state index in [0.717, 1.165) is 25.9 Å². The van der Waals surface area contributed by atoms with E-state index in [-0.39, 0.29) is 31.2 Å². The number of rotatable bonds is 7. The first-order chi connectivity index (χ1) is 9.09. The summed E-state index contributed by atoms with van der Waals surface area (Å²) in [5, 5.41) is 11.0. The number of amides is 2. The summed E-state index contributed by atoms with van der Waals surface area (Å²) in [6, 6.07) is 0. The smallest absolute Gasteiger partial charge is 0.303 e. The highest BCUT2D eigenvalue weighted by atomic mass is 16.4. The van der Waals surface area contributed by atoms with E-state index in [4.69, 9.17) is 5.11 Å². The van der Waals surface area contributed by atoms with E-state index in [1.807, 2.05) is 0 Å². The standard InChI is InChI=1S/C13H22N2O4/c16-11(6-2-3-7-13(18)19)14-10-12(17)15-8-4-1-5-9-15/h1-10H2,(H,14,16)(H,18,19). The fourth-order valence-corrected chi connectivity index (χ4v) is 2.08. The molecule has 0 aromatic carbocycles. The van der Waals surface area contributed by atoms with Gasteiger partial charge in [0, 0.05) is 25.9 Å². The van der Waals surface area contributed by atoms with Crippen molar-refractivity contribution < 1.29 is 19.5 Å². The van der Waals surface area contributed by atoms with Crippen LogP contribution in [0.5, 0.6) is 0 Å². The van der Waals surface area contributed by atoms with Crippen LogP contribution in [-0.2, 0) is 14.4 Å². The van der Waals surface area contributed by atoms with Gasteiger partial charge in [-0.3, -0.25) is 14.4 Å². The molecule has 1 heterocycles. The Labute approximate surface area is 113 Å². The summed E-state index contributed by atoms with van der Waals surface area (Å²) in [6.45, 7) is 1.62. The fourth-order valence-electron chi connectivity index (χ4n) is 2.08. The predicted molar refractivity (Wildman–Crippen MR) is 69.5 cm³/mol. The van der Waals surface area contributed by atoms with Gasteiger partial charge in [-0.2, -0.15) is 0 Å². The Hall–Kier alpha value is -1.59. The minimum atomic E-state index is -0.847. The lowest BCUT2D eigenvalue weighted by atomic mass is 10.1. The number of piperidine rings is 1. The van der Waals surface area contributed by atoms with Gasteiger partial charge in [0.1, 0.15) is 0 Å². The summed E-state index contributed by atoms with van der Waals surface area (Å²) in [4.78, 5) is 35.3. The summed E-state index contributed by atoms with van der Waals surface area (Å²) in [5.74, 6) is -1.06. The van der Waals surface area contributed by atoms with Gasteiger partial charge < -0.3 is 15.3 Å². The van der Waals surface area contributed by atoms with Crippen LogP contribution in [0.1, 0.15) is 44.9 Å². The van der Waals surface area contributed by atoms with E-state index in [1.54, 1.807) is 4.90 Å². The van der Waals surface area contributed by atoms with E-state index >= 15 is 0 Å². The van der Waals surface area contributed by atoms with Crippen molar-refractivity contribution in [2.24, 2.45) is 0 Å². The van der Waals surface area contributed by atoms with Crippen molar-refractivity contribution in [1.82, 2.24) is 10.2 Å². The van der Waals surface area contributed by atoms with E-state index in [1.165, 1.54) is 6.42 Å². The van der Waals surface area contributed by atoms with Crippen LogP contribution in [0.25, 0.3) is 0 Å². The second kappa shape index (κ2) is 8.50. The van der Waals surface area contributed by atoms with Crippen molar-refractivity contribution in [1.29, 1.82) is 0 Å². The maximum absolute atomic E-state index is 11.8. The normalized spacial score (nSPS) is 15.1. The molecule has 1 saturated heterocycles. The number of carbonyl (C=O) groups excluding carboxylic acids is 2. The van der Waals surface area contributed by atoms with Crippen molar-refractivity contribution in [2.75, 3.05) is 19.6 Å². The minimum Gasteiger partial charge on any atom is -0.481 e. The Morgan fingerprint density at radius 1 is 1.00 bits per heavy atom. The molecule has 6 nitrogen and oxygen atoms in total. The molecule has 0 saturated carbocycles. The summed E-state index contributed by atoms with van der Waals surface area (Å²) in [6.07, 6.45) is 4.63.